The minimum atomic E-state index is -1.51. The lowest BCUT2D eigenvalue weighted by molar-refractivity contribution is -0.132. The minimum absolute atomic E-state index is 0.0363. The lowest BCUT2D eigenvalue weighted by Gasteiger charge is -2.11. The van der Waals surface area contributed by atoms with Crippen molar-refractivity contribution in [2.45, 2.75) is 19.4 Å². The van der Waals surface area contributed by atoms with E-state index in [4.69, 9.17) is 33.3 Å². The number of anilines is 1. The number of halogens is 2. The third-order valence-corrected chi connectivity index (χ3v) is 5.93. The van der Waals surface area contributed by atoms with Crippen LogP contribution in [0.2, 0.25) is 0 Å². The molecule has 1 atom stereocenters. The molecule has 32 heavy (non-hydrogen) atoms. The molecule has 2 heterocycles. The number of amides is 1. The topological polar surface area (TPSA) is 101 Å². The standard InChI is InChI=1S/C23H17Cl2N3O4/c1-12-9-14(10-13-5-3-2-4-6-13)20-27-17-11-15(7-8-16(17)22(30)28(12)20)26-21(29)18(24)19(25)23(31)32/h2-8,10-12H,9H2,1H3,(H,26,29)(H,31,32)/b14-10+,19-18-. The number of aliphatic carboxylic acids is 1. The number of fused-ring (bicyclic) bond motifs is 2. The number of allylic oxidation sites excluding steroid dienone is 1. The third kappa shape index (κ3) is 4.04. The predicted molar refractivity (Wildman–Crippen MR) is 125 cm³/mol. The van der Waals surface area contributed by atoms with Gasteiger partial charge in [0.1, 0.15) is 15.9 Å². The zero-order valence-corrected chi connectivity index (χ0v) is 18.3. The van der Waals surface area contributed by atoms with E-state index in [1.54, 1.807) is 10.6 Å². The molecule has 0 aliphatic carbocycles. The van der Waals surface area contributed by atoms with Gasteiger partial charge in [-0.3, -0.25) is 14.2 Å². The van der Waals surface area contributed by atoms with E-state index in [9.17, 15) is 14.4 Å². The number of nitrogens with one attached hydrogen (secondary N) is 1. The average Bonchev–Trinajstić information content (AvgIpc) is 3.08. The number of benzene rings is 2. The second-order valence-corrected chi connectivity index (χ2v) is 8.12. The van der Waals surface area contributed by atoms with Crippen LogP contribution in [0.4, 0.5) is 5.69 Å². The summed E-state index contributed by atoms with van der Waals surface area (Å²) in [6, 6.07) is 14.4. The van der Waals surface area contributed by atoms with Gasteiger partial charge in [-0.25, -0.2) is 9.78 Å². The average molecular weight is 470 g/mol. The summed E-state index contributed by atoms with van der Waals surface area (Å²) < 4.78 is 1.68. The molecule has 7 nitrogen and oxygen atoms in total. The lowest BCUT2D eigenvalue weighted by atomic mass is 10.1. The normalized spacial score (nSPS) is 17.2. The van der Waals surface area contributed by atoms with E-state index in [0.717, 1.165) is 11.1 Å². The van der Waals surface area contributed by atoms with Gasteiger partial charge in [-0.1, -0.05) is 53.5 Å². The SMILES string of the molecule is CC1C/C(=C\c2ccccc2)c2nc3cc(NC(=O)/C(Cl)=C(/Cl)C(=O)O)ccc3c(=O)n21. The number of carboxylic acid groups (broad SMARTS) is 1. The second kappa shape index (κ2) is 8.61. The van der Waals surface area contributed by atoms with Crippen LogP contribution in [0.15, 0.2) is 63.4 Å². The molecule has 1 aliphatic rings. The van der Waals surface area contributed by atoms with Crippen LogP contribution in [0.1, 0.15) is 30.8 Å². The number of hydrogen-bond acceptors (Lipinski definition) is 4. The molecule has 2 aromatic carbocycles. The molecule has 0 bridgehead atoms. The summed E-state index contributed by atoms with van der Waals surface area (Å²) in [4.78, 5) is 40.9. The van der Waals surface area contributed by atoms with Crippen LogP contribution in [-0.2, 0) is 9.59 Å². The van der Waals surface area contributed by atoms with Gasteiger partial charge in [-0.2, -0.15) is 0 Å². The Hall–Kier alpha value is -3.42. The fourth-order valence-electron chi connectivity index (χ4n) is 3.67. The van der Waals surface area contributed by atoms with Gasteiger partial charge in [0.05, 0.1) is 10.9 Å². The summed E-state index contributed by atoms with van der Waals surface area (Å²) >= 11 is 11.3. The van der Waals surface area contributed by atoms with Crippen LogP contribution < -0.4 is 10.9 Å². The molecule has 0 saturated carbocycles. The highest BCUT2D eigenvalue weighted by Crippen LogP contribution is 2.34. The summed E-state index contributed by atoms with van der Waals surface area (Å²) in [5.41, 5.74) is 2.48. The Kier molecular flexibility index (Phi) is 5.86. The quantitative estimate of drug-likeness (QED) is 0.543. The molecule has 1 aromatic heterocycles. The van der Waals surface area contributed by atoms with Gasteiger partial charge in [0.25, 0.3) is 11.5 Å². The molecule has 1 unspecified atom stereocenters. The van der Waals surface area contributed by atoms with Crippen molar-refractivity contribution in [3.05, 3.63) is 80.3 Å². The third-order valence-electron chi connectivity index (χ3n) is 5.12. The fourth-order valence-corrected chi connectivity index (χ4v) is 3.88. The molecule has 0 saturated heterocycles. The lowest BCUT2D eigenvalue weighted by Crippen LogP contribution is -2.23. The summed E-state index contributed by atoms with van der Waals surface area (Å²) in [5, 5.41) is 10.3. The van der Waals surface area contributed by atoms with E-state index < -0.39 is 21.9 Å². The molecule has 1 amide bonds. The van der Waals surface area contributed by atoms with Gasteiger partial charge < -0.3 is 10.4 Å². The number of aromatic nitrogens is 2. The molecule has 4 rings (SSSR count). The first-order chi connectivity index (χ1) is 15.3. The zero-order valence-electron chi connectivity index (χ0n) is 16.8. The Morgan fingerprint density at radius 1 is 1.16 bits per heavy atom. The molecule has 1 aliphatic heterocycles. The summed E-state index contributed by atoms with van der Waals surface area (Å²) in [7, 11) is 0. The van der Waals surface area contributed by atoms with Crippen LogP contribution in [0.5, 0.6) is 0 Å². The smallest absolute Gasteiger partial charge is 0.349 e. The molecule has 162 valence electrons. The largest absolute Gasteiger partial charge is 0.477 e. The maximum absolute atomic E-state index is 13.1. The summed E-state index contributed by atoms with van der Waals surface area (Å²) in [6.45, 7) is 1.97. The van der Waals surface area contributed by atoms with Gasteiger partial charge in [-0.05, 0) is 48.8 Å². The van der Waals surface area contributed by atoms with Crippen molar-refractivity contribution in [3.63, 3.8) is 0 Å². The Morgan fingerprint density at radius 2 is 1.88 bits per heavy atom. The van der Waals surface area contributed by atoms with Gasteiger partial charge in [0, 0.05) is 11.7 Å². The van der Waals surface area contributed by atoms with Gasteiger partial charge >= 0.3 is 5.97 Å². The van der Waals surface area contributed by atoms with Crippen molar-refractivity contribution >= 4 is 63.3 Å². The number of carbonyl (C=O) groups is 2. The molecule has 0 fully saturated rings. The first-order valence-electron chi connectivity index (χ1n) is 9.68. The van der Waals surface area contributed by atoms with Crippen molar-refractivity contribution in [3.8, 4) is 0 Å². The first-order valence-corrected chi connectivity index (χ1v) is 10.4. The Balaban J connectivity index is 1.76. The summed E-state index contributed by atoms with van der Waals surface area (Å²) in [6.07, 6.45) is 2.68. The number of carboxylic acids is 1. The molecule has 3 aromatic rings. The van der Waals surface area contributed by atoms with E-state index >= 15 is 0 Å². The van der Waals surface area contributed by atoms with E-state index in [1.807, 2.05) is 43.3 Å². The fraction of sp³-hybridized carbons (Fsp3) is 0.130. The van der Waals surface area contributed by atoms with Crippen LogP contribution >= 0.6 is 23.2 Å². The van der Waals surface area contributed by atoms with Crippen molar-refractivity contribution in [1.82, 2.24) is 9.55 Å². The number of hydrogen-bond donors (Lipinski definition) is 2. The Morgan fingerprint density at radius 3 is 2.56 bits per heavy atom. The van der Waals surface area contributed by atoms with Crippen molar-refractivity contribution < 1.29 is 14.7 Å². The molecule has 2 N–H and O–H groups in total. The van der Waals surface area contributed by atoms with Gasteiger partial charge in [-0.15, -0.1) is 0 Å². The van der Waals surface area contributed by atoms with Crippen LogP contribution in [0, 0.1) is 0 Å². The monoisotopic (exact) mass is 469 g/mol. The molecule has 9 heteroatoms. The van der Waals surface area contributed by atoms with Crippen LogP contribution in [0.25, 0.3) is 22.6 Å². The first kappa shape index (κ1) is 21.8. The van der Waals surface area contributed by atoms with Gasteiger partial charge in [0.15, 0.2) is 0 Å². The Bertz CT molecular complexity index is 1380. The number of rotatable bonds is 4. The number of nitrogens with zero attached hydrogens (tertiary/aromatic N) is 2. The molecule has 0 radical (unpaired) electrons. The molecular weight excluding hydrogens is 453 g/mol. The maximum Gasteiger partial charge on any atom is 0.349 e. The van der Waals surface area contributed by atoms with Crippen molar-refractivity contribution in [2.75, 3.05) is 5.32 Å². The van der Waals surface area contributed by atoms with E-state index in [2.05, 4.69) is 5.32 Å². The predicted octanol–water partition coefficient (Wildman–Crippen LogP) is 4.61. The van der Waals surface area contributed by atoms with Crippen molar-refractivity contribution in [2.24, 2.45) is 0 Å². The second-order valence-electron chi connectivity index (χ2n) is 7.36. The zero-order chi connectivity index (χ0) is 23.0. The van der Waals surface area contributed by atoms with Crippen molar-refractivity contribution in [1.29, 1.82) is 0 Å². The number of carbonyl (C=O) groups excluding carboxylic acids is 1. The maximum atomic E-state index is 13.1. The van der Waals surface area contributed by atoms with Crippen LogP contribution in [0.3, 0.4) is 0 Å². The van der Waals surface area contributed by atoms with Gasteiger partial charge in [0.2, 0.25) is 0 Å². The van der Waals surface area contributed by atoms with E-state index in [0.29, 0.717) is 28.8 Å². The Labute approximate surface area is 192 Å². The van der Waals surface area contributed by atoms with Crippen LogP contribution in [-0.4, -0.2) is 26.5 Å². The minimum Gasteiger partial charge on any atom is -0.477 e. The molecular formula is C23H17Cl2N3O4. The highest BCUT2D eigenvalue weighted by Gasteiger charge is 2.27. The highest BCUT2D eigenvalue weighted by atomic mass is 35.5. The molecule has 0 spiro atoms. The highest BCUT2D eigenvalue weighted by molar-refractivity contribution is 6.54. The summed E-state index contributed by atoms with van der Waals surface area (Å²) in [5.74, 6) is -1.81. The van der Waals surface area contributed by atoms with E-state index in [-0.39, 0.29) is 11.6 Å². The van der Waals surface area contributed by atoms with E-state index in [1.165, 1.54) is 12.1 Å².